The van der Waals surface area contributed by atoms with Gasteiger partial charge in [0.2, 0.25) is 11.8 Å². The summed E-state index contributed by atoms with van der Waals surface area (Å²) in [5, 5.41) is 22.8. The third-order valence-electron chi connectivity index (χ3n) is 3.87. The van der Waals surface area contributed by atoms with E-state index in [-0.39, 0.29) is 50.7 Å². The molecule has 0 aromatic rings. The minimum absolute atomic E-state index is 0.0328. The zero-order valence-corrected chi connectivity index (χ0v) is 17.0. The van der Waals surface area contributed by atoms with Crippen molar-refractivity contribution in [3.63, 3.8) is 0 Å². The predicted octanol–water partition coefficient (Wildman–Crippen LogP) is -4.05. The van der Waals surface area contributed by atoms with E-state index in [0.717, 1.165) is 0 Å². The first-order valence-corrected chi connectivity index (χ1v) is 9.35. The molecule has 0 saturated heterocycles. The molecule has 0 aliphatic carbocycles. The molecule has 0 aliphatic rings. The molecular weight excluding hydrogens is 414 g/mol. The van der Waals surface area contributed by atoms with Gasteiger partial charge in [-0.15, -0.1) is 0 Å². The lowest BCUT2D eigenvalue weighted by Gasteiger charge is -2.22. The second kappa shape index (κ2) is 14.4. The number of guanidine groups is 2. The van der Waals surface area contributed by atoms with Crippen LogP contribution >= 0.6 is 0 Å². The van der Waals surface area contributed by atoms with E-state index < -0.39 is 48.3 Å². The number of nitrogens with zero attached hydrogens (tertiary/aromatic N) is 2. The number of nitrogens with two attached hydrogens (primary N) is 5. The Morgan fingerprint density at radius 2 is 1.23 bits per heavy atom. The SMILES string of the molecule is NC(N)=NCCC[C@H](NC(=O)[C@H](CCCN=C(N)N)NC(=O)[C@@H](N)CC(=O)O)C(=O)O. The Labute approximate surface area is 178 Å². The molecule has 0 spiro atoms. The van der Waals surface area contributed by atoms with Crippen LogP contribution in [-0.4, -0.2) is 77.1 Å². The Kier molecular flexibility index (Phi) is 12.7. The van der Waals surface area contributed by atoms with Gasteiger partial charge in [-0.2, -0.15) is 0 Å². The van der Waals surface area contributed by atoms with Crippen LogP contribution in [-0.2, 0) is 19.2 Å². The first-order valence-electron chi connectivity index (χ1n) is 9.35. The molecule has 0 fully saturated rings. The second-order valence-electron chi connectivity index (χ2n) is 6.56. The fourth-order valence-electron chi connectivity index (χ4n) is 2.37. The quantitative estimate of drug-likeness (QED) is 0.0663. The van der Waals surface area contributed by atoms with E-state index in [2.05, 4.69) is 20.6 Å². The third kappa shape index (κ3) is 13.3. The Morgan fingerprint density at radius 3 is 1.65 bits per heavy atom. The average Bonchev–Trinajstić information content (AvgIpc) is 2.64. The highest BCUT2D eigenvalue weighted by molar-refractivity contribution is 5.92. The molecule has 0 heterocycles. The highest BCUT2D eigenvalue weighted by atomic mass is 16.4. The molecule has 176 valence electrons. The zero-order valence-electron chi connectivity index (χ0n) is 17.0. The molecule has 0 rings (SSSR count). The van der Waals surface area contributed by atoms with Gasteiger partial charge in [-0.1, -0.05) is 0 Å². The number of carbonyl (C=O) groups excluding carboxylic acids is 2. The van der Waals surface area contributed by atoms with E-state index in [1.807, 2.05) is 0 Å². The van der Waals surface area contributed by atoms with Gasteiger partial charge in [0.15, 0.2) is 11.9 Å². The van der Waals surface area contributed by atoms with Gasteiger partial charge >= 0.3 is 11.9 Å². The number of carbonyl (C=O) groups is 4. The summed E-state index contributed by atoms with van der Waals surface area (Å²) in [6.45, 7) is 0.328. The number of aliphatic carboxylic acids is 2. The summed E-state index contributed by atoms with van der Waals surface area (Å²) in [4.78, 5) is 54.4. The van der Waals surface area contributed by atoms with Crippen molar-refractivity contribution in [3.05, 3.63) is 0 Å². The normalized spacial score (nSPS) is 13.2. The van der Waals surface area contributed by atoms with Gasteiger partial charge in [0.1, 0.15) is 12.1 Å². The Balaban J connectivity index is 5.13. The maximum absolute atomic E-state index is 12.6. The summed E-state index contributed by atoms with van der Waals surface area (Å²) < 4.78 is 0. The standard InChI is InChI=1S/C16H31N9O6/c17-8(7-11(26)27)12(28)24-9(3-1-5-22-15(18)19)13(29)25-10(14(30)31)4-2-6-23-16(20)21/h8-10H,1-7,17H2,(H,24,28)(H,25,29)(H,26,27)(H,30,31)(H4,18,19,22)(H4,20,21,23)/t8-,9-,10-/m0/s1. The largest absolute Gasteiger partial charge is 0.481 e. The van der Waals surface area contributed by atoms with Crippen LogP contribution in [0.3, 0.4) is 0 Å². The summed E-state index contributed by atoms with van der Waals surface area (Å²) in [5.74, 6) is -4.52. The van der Waals surface area contributed by atoms with Gasteiger partial charge in [0, 0.05) is 13.1 Å². The van der Waals surface area contributed by atoms with Crippen molar-refractivity contribution >= 4 is 35.7 Å². The monoisotopic (exact) mass is 445 g/mol. The van der Waals surface area contributed by atoms with Gasteiger partial charge in [-0.05, 0) is 25.7 Å². The van der Waals surface area contributed by atoms with Crippen molar-refractivity contribution in [1.82, 2.24) is 10.6 Å². The summed E-state index contributed by atoms with van der Waals surface area (Å²) >= 11 is 0. The zero-order chi connectivity index (χ0) is 24.0. The topological polar surface area (TPSA) is 288 Å². The van der Waals surface area contributed by atoms with Gasteiger partial charge in [-0.25, -0.2) is 4.79 Å². The van der Waals surface area contributed by atoms with Crippen molar-refractivity contribution in [2.24, 2.45) is 38.7 Å². The van der Waals surface area contributed by atoms with Crippen molar-refractivity contribution in [3.8, 4) is 0 Å². The summed E-state index contributed by atoms with van der Waals surface area (Å²) in [5.41, 5.74) is 26.4. The first-order chi connectivity index (χ1) is 14.4. The molecule has 3 atom stereocenters. The molecule has 15 heteroatoms. The summed E-state index contributed by atoms with van der Waals surface area (Å²) in [6, 6.07) is -3.83. The van der Waals surface area contributed by atoms with Crippen LogP contribution in [0.15, 0.2) is 9.98 Å². The number of nitrogens with one attached hydrogen (secondary N) is 2. The molecular formula is C16H31N9O6. The molecule has 0 saturated carbocycles. The van der Waals surface area contributed by atoms with Crippen LogP contribution in [0.5, 0.6) is 0 Å². The summed E-state index contributed by atoms with van der Waals surface area (Å²) in [7, 11) is 0. The van der Waals surface area contributed by atoms with Gasteiger partial charge in [0.05, 0.1) is 12.5 Å². The molecule has 0 aromatic carbocycles. The van der Waals surface area contributed by atoms with E-state index in [4.69, 9.17) is 33.8 Å². The fraction of sp³-hybridized carbons (Fsp3) is 0.625. The highest BCUT2D eigenvalue weighted by Crippen LogP contribution is 2.04. The smallest absolute Gasteiger partial charge is 0.326 e. The number of carboxylic acid groups (broad SMARTS) is 2. The molecule has 0 bridgehead atoms. The summed E-state index contributed by atoms with van der Waals surface area (Å²) in [6.07, 6.45) is -0.0109. The number of hydrogen-bond acceptors (Lipinski definition) is 7. The molecule has 14 N–H and O–H groups in total. The molecule has 0 aromatic heterocycles. The van der Waals surface area contributed by atoms with Crippen LogP contribution in [0.25, 0.3) is 0 Å². The third-order valence-corrected chi connectivity index (χ3v) is 3.87. The van der Waals surface area contributed by atoms with Crippen LogP contribution < -0.4 is 39.3 Å². The van der Waals surface area contributed by atoms with Crippen molar-refractivity contribution in [2.75, 3.05) is 13.1 Å². The maximum atomic E-state index is 12.6. The maximum Gasteiger partial charge on any atom is 0.326 e. The van der Waals surface area contributed by atoms with Gasteiger partial charge in [0.25, 0.3) is 0 Å². The lowest BCUT2D eigenvalue weighted by Crippen LogP contribution is -2.54. The van der Waals surface area contributed by atoms with Gasteiger partial charge in [-0.3, -0.25) is 24.4 Å². The Morgan fingerprint density at radius 1 is 0.774 bits per heavy atom. The number of rotatable bonds is 15. The lowest BCUT2D eigenvalue weighted by molar-refractivity contribution is -0.143. The van der Waals surface area contributed by atoms with E-state index in [0.29, 0.717) is 0 Å². The minimum atomic E-state index is -1.39. The average molecular weight is 445 g/mol. The number of carboxylic acids is 2. The van der Waals surface area contributed by atoms with Gasteiger partial charge < -0.3 is 49.5 Å². The highest BCUT2D eigenvalue weighted by Gasteiger charge is 2.28. The fourth-order valence-corrected chi connectivity index (χ4v) is 2.37. The molecule has 0 aliphatic heterocycles. The van der Waals surface area contributed by atoms with E-state index >= 15 is 0 Å². The van der Waals surface area contributed by atoms with Crippen molar-refractivity contribution in [1.29, 1.82) is 0 Å². The molecule has 15 nitrogen and oxygen atoms in total. The second-order valence-corrected chi connectivity index (χ2v) is 6.56. The molecule has 0 unspecified atom stereocenters. The molecule has 2 amide bonds. The van der Waals surface area contributed by atoms with Crippen LogP contribution in [0, 0.1) is 0 Å². The lowest BCUT2D eigenvalue weighted by atomic mass is 10.1. The molecule has 0 radical (unpaired) electrons. The number of aliphatic imine (C=N–C) groups is 2. The van der Waals surface area contributed by atoms with Crippen LogP contribution in [0.1, 0.15) is 32.1 Å². The van der Waals surface area contributed by atoms with Crippen molar-refractivity contribution < 1.29 is 29.4 Å². The van der Waals surface area contributed by atoms with Crippen molar-refractivity contribution in [2.45, 2.75) is 50.2 Å². The molecule has 31 heavy (non-hydrogen) atoms. The van der Waals surface area contributed by atoms with Crippen LogP contribution in [0.4, 0.5) is 0 Å². The van der Waals surface area contributed by atoms with E-state index in [1.54, 1.807) is 0 Å². The predicted molar refractivity (Wildman–Crippen MR) is 112 cm³/mol. The first kappa shape index (κ1) is 27.4. The van der Waals surface area contributed by atoms with Crippen LogP contribution in [0.2, 0.25) is 0 Å². The van der Waals surface area contributed by atoms with E-state index in [1.165, 1.54) is 0 Å². The number of hydrogen-bond donors (Lipinski definition) is 9. The minimum Gasteiger partial charge on any atom is -0.481 e. The number of amides is 2. The Bertz CT molecular complexity index is 689. The van der Waals surface area contributed by atoms with E-state index in [9.17, 15) is 24.3 Å². The Hall–Kier alpha value is -3.62.